The van der Waals surface area contributed by atoms with Gasteiger partial charge in [-0.1, -0.05) is 6.92 Å². The number of aromatic nitrogens is 2. The average molecular weight is 253 g/mol. The lowest BCUT2D eigenvalue weighted by Gasteiger charge is -2.30. The Kier molecular flexibility index (Phi) is 4.37. The molecule has 1 aliphatic heterocycles. The van der Waals surface area contributed by atoms with Crippen LogP contribution in [0.5, 0.6) is 0 Å². The first-order valence-corrected chi connectivity index (χ1v) is 6.68. The predicted molar refractivity (Wildman–Crippen MR) is 69.3 cm³/mol. The van der Waals surface area contributed by atoms with Gasteiger partial charge in [0.15, 0.2) is 0 Å². The Hall–Kier alpha value is -0.910. The molecule has 0 radical (unpaired) electrons. The van der Waals surface area contributed by atoms with E-state index in [9.17, 15) is 5.11 Å². The third-order valence-electron chi connectivity index (χ3n) is 3.35. The summed E-state index contributed by atoms with van der Waals surface area (Å²) in [4.78, 5) is 0. The third kappa shape index (κ3) is 3.31. The Labute approximate surface area is 108 Å². The molecule has 1 aromatic heterocycles. The minimum Gasteiger partial charge on any atom is -0.385 e. The number of ether oxygens (including phenoxy) is 1. The number of rotatable bonds is 5. The molecule has 1 aromatic rings. The van der Waals surface area contributed by atoms with Gasteiger partial charge in [0.1, 0.15) is 0 Å². The number of hydrogen-bond donors (Lipinski definition) is 2. The largest absolute Gasteiger partial charge is 0.385 e. The van der Waals surface area contributed by atoms with E-state index in [1.165, 1.54) is 0 Å². The monoisotopic (exact) mass is 253 g/mol. The molecule has 0 bridgehead atoms. The minimum atomic E-state index is -0.857. The zero-order chi connectivity index (χ0) is 13.0. The van der Waals surface area contributed by atoms with E-state index in [1.807, 2.05) is 17.8 Å². The van der Waals surface area contributed by atoms with Crippen LogP contribution in [0, 0.1) is 0 Å². The molecule has 0 saturated carbocycles. The number of nitrogens with zero attached hydrogens (tertiary/aromatic N) is 2. The fourth-order valence-electron chi connectivity index (χ4n) is 2.34. The van der Waals surface area contributed by atoms with Crippen molar-refractivity contribution in [3.63, 3.8) is 0 Å². The van der Waals surface area contributed by atoms with Gasteiger partial charge in [-0.15, -0.1) is 0 Å². The smallest absolute Gasteiger partial charge is 0.0914 e. The molecular formula is C13H23N3O2. The highest BCUT2D eigenvalue weighted by Crippen LogP contribution is 2.26. The molecular weight excluding hydrogens is 230 g/mol. The molecule has 1 fully saturated rings. The van der Waals surface area contributed by atoms with Crippen molar-refractivity contribution in [1.82, 2.24) is 15.1 Å². The van der Waals surface area contributed by atoms with Crippen LogP contribution >= 0.6 is 0 Å². The van der Waals surface area contributed by atoms with Gasteiger partial charge >= 0.3 is 0 Å². The average Bonchev–Trinajstić information content (AvgIpc) is 2.80. The first kappa shape index (κ1) is 13.5. The van der Waals surface area contributed by atoms with E-state index in [0.717, 1.165) is 31.7 Å². The fraction of sp³-hybridized carbons (Fsp3) is 0.769. The second kappa shape index (κ2) is 5.82. The lowest BCUT2D eigenvalue weighted by atomic mass is 9.91. The molecule has 1 aliphatic rings. The summed E-state index contributed by atoms with van der Waals surface area (Å²) in [5.41, 5.74) is 0.0213. The van der Waals surface area contributed by atoms with Gasteiger partial charge in [0.25, 0.3) is 0 Å². The Bertz CT molecular complexity index is 370. The second-order valence-electron chi connectivity index (χ2n) is 5.20. The predicted octanol–water partition coefficient (Wildman–Crippen LogP) is 0.879. The summed E-state index contributed by atoms with van der Waals surface area (Å²) < 4.78 is 7.30. The van der Waals surface area contributed by atoms with Crippen molar-refractivity contribution < 1.29 is 9.84 Å². The quantitative estimate of drug-likeness (QED) is 0.818. The highest BCUT2D eigenvalue weighted by atomic mass is 16.5. The van der Waals surface area contributed by atoms with Gasteiger partial charge in [-0.25, -0.2) is 0 Å². The minimum absolute atomic E-state index is 0.211. The molecule has 0 amide bonds. The molecule has 102 valence electrons. The van der Waals surface area contributed by atoms with E-state index in [4.69, 9.17) is 4.74 Å². The van der Waals surface area contributed by atoms with Crippen molar-refractivity contribution in [2.45, 2.75) is 44.9 Å². The first-order chi connectivity index (χ1) is 8.62. The summed E-state index contributed by atoms with van der Waals surface area (Å²) in [6.07, 6.45) is 5.39. The summed E-state index contributed by atoms with van der Waals surface area (Å²) in [6.45, 7) is 7.13. The molecule has 2 atom stereocenters. The van der Waals surface area contributed by atoms with Crippen LogP contribution in [0.25, 0.3) is 0 Å². The van der Waals surface area contributed by atoms with Crippen molar-refractivity contribution in [1.29, 1.82) is 0 Å². The molecule has 2 unspecified atom stereocenters. The van der Waals surface area contributed by atoms with Crippen LogP contribution < -0.4 is 5.32 Å². The third-order valence-corrected chi connectivity index (χ3v) is 3.35. The first-order valence-electron chi connectivity index (χ1n) is 6.68. The van der Waals surface area contributed by atoms with Crippen molar-refractivity contribution in [2.75, 3.05) is 19.8 Å². The molecule has 2 heterocycles. The maximum absolute atomic E-state index is 10.6. The maximum atomic E-state index is 10.6. The lowest BCUT2D eigenvalue weighted by Crippen LogP contribution is -2.45. The van der Waals surface area contributed by atoms with Crippen molar-refractivity contribution in [3.8, 4) is 0 Å². The van der Waals surface area contributed by atoms with Gasteiger partial charge in [-0.3, -0.25) is 4.68 Å². The van der Waals surface area contributed by atoms with E-state index in [1.54, 1.807) is 6.20 Å². The van der Waals surface area contributed by atoms with Gasteiger partial charge in [0, 0.05) is 30.9 Å². The van der Waals surface area contributed by atoms with Gasteiger partial charge in [0.05, 0.1) is 25.0 Å². The summed E-state index contributed by atoms with van der Waals surface area (Å²) >= 11 is 0. The van der Waals surface area contributed by atoms with E-state index < -0.39 is 5.60 Å². The SMILES string of the molecule is CCCn1cc(C(C)(O)CC2COCCN2)cn1. The van der Waals surface area contributed by atoms with Crippen molar-refractivity contribution in [2.24, 2.45) is 0 Å². The highest BCUT2D eigenvalue weighted by Gasteiger charge is 2.29. The molecule has 18 heavy (non-hydrogen) atoms. The molecule has 1 saturated heterocycles. The maximum Gasteiger partial charge on any atom is 0.0914 e. The number of morpholine rings is 1. The molecule has 0 aromatic carbocycles. The van der Waals surface area contributed by atoms with Crippen LogP contribution in [0.3, 0.4) is 0 Å². The summed E-state index contributed by atoms with van der Waals surface area (Å²) in [6, 6.07) is 0.211. The van der Waals surface area contributed by atoms with Crippen LogP contribution in [-0.4, -0.2) is 40.7 Å². The lowest BCUT2D eigenvalue weighted by molar-refractivity contribution is 0.00316. The Balaban J connectivity index is 1.99. The topological polar surface area (TPSA) is 59.3 Å². The number of nitrogens with one attached hydrogen (secondary N) is 1. The molecule has 0 spiro atoms. The normalized spacial score (nSPS) is 23.8. The molecule has 5 heteroatoms. The van der Waals surface area contributed by atoms with Crippen LogP contribution in [0.1, 0.15) is 32.3 Å². The standard InChI is InChI=1S/C13H23N3O2/c1-3-5-16-9-11(8-15-16)13(2,17)7-12-10-18-6-4-14-12/h8-9,12,14,17H,3-7,10H2,1-2H3. The van der Waals surface area contributed by atoms with Crippen LogP contribution in [0.2, 0.25) is 0 Å². The van der Waals surface area contributed by atoms with E-state index in [-0.39, 0.29) is 6.04 Å². The Morgan fingerprint density at radius 2 is 2.50 bits per heavy atom. The van der Waals surface area contributed by atoms with E-state index >= 15 is 0 Å². The van der Waals surface area contributed by atoms with Gasteiger partial charge in [-0.05, 0) is 19.8 Å². The van der Waals surface area contributed by atoms with Crippen molar-refractivity contribution >= 4 is 0 Å². The number of hydrogen-bond acceptors (Lipinski definition) is 4. The van der Waals surface area contributed by atoms with Crippen LogP contribution in [0.15, 0.2) is 12.4 Å². The van der Waals surface area contributed by atoms with Gasteiger partial charge < -0.3 is 15.2 Å². The fourth-order valence-corrected chi connectivity index (χ4v) is 2.34. The second-order valence-corrected chi connectivity index (χ2v) is 5.20. The zero-order valence-electron chi connectivity index (χ0n) is 11.2. The molecule has 5 nitrogen and oxygen atoms in total. The number of aryl methyl sites for hydroxylation is 1. The highest BCUT2D eigenvalue weighted by molar-refractivity contribution is 5.14. The Morgan fingerprint density at radius 1 is 1.67 bits per heavy atom. The zero-order valence-corrected chi connectivity index (χ0v) is 11.2. The number of aliphatic hydroxyl groups is 1. The summed E-state index contributed by atoms with van der Waals surface area (Å²) in [5, 5.41) is 18.2. The Morgan fingerprint density at radius 3 is 3.17 bits per heavy atom. The van der Waals surface area contributed by atoms with E-state index in [0.29, 0.717) is 13.0 Å². The van der Waals surface area contributed by atoms with Crippen LogP contribution in [-0.2, 0) is 16.9 Å². The molecule has 2 rings (SSSR count). The van der Waals surface area contributed by atoms with Crippen molar-refractivity contribution in [3.05, 3.63) is 18.0 Å². The van der Waals surface area contributed by atoms with Crippen LogP contribution in [0.4, 0.5) is 0 Å². The van der Waals surface area contributed by atoms with Gasteiger partial charge in [0.2, 0.25) is 0 Å². The summed E-state index contributed by atoms with van der Waals surface area (Å²) in [7, 11) is 0. The summed E-state index contributed by atoms with van der Waals surface area (Å²) in [5.74, 6) is 0. The molecule has 2 N–H and O–H groups in total. The van der Waals surface area contributed by atoms with E-state index in [2.05, 4.69) is 17.3 Å². The van der Waals surface area contributed by atoms with Gasteiger partial charge in [-0.2, -0.15) is 5.10 Å². The molecule has 0 aliphatic carbocycles.